The molecule has 1 aromatic carbocycles. The Kier molecular flexibility index (Phi) is 6.86. The van der Waals surface area contributed by atoms with Gasteiger partial charge in [0, 0.05) is 5.69 Å². The van der Waals surface area contributed by atoms with E-state index in [0.717, 1.165) is 0 Å². The molecule has 0 aliphatic heterocycles. The lowest BCUT2D eigenvalue weighted by Crippen LogP contribution is -2.21. The molecule has 0 atom stereocenters. The fourth-order valence-electron chi connectivity index (χ4n) is 1.40. The maximum absolute atomic E-state index is 11.8. The van der Waals surface area contributed by atoms with Crippen molar-refractivity contribution in [3.05, 3.63) is 24.3 Å². The van der Waals surface area contributed by atoms with E-state index >= 15 is 0 Å². The molecule has 0 aliphatic carbocycles. The Bertz CT molecular complexity index is 556. The van der Waals surface area contributed by atoms with Crippen molar-refractivity contribution in [1.29, 1.82) is 0 Å². The van der Waals surface area contributed by atoms with Gasteiger partial charge in [0.25, 0.3) is 0 Å². The second-order valence-electron chi connectivity index (χ2n) is 4.62. The van der Waals surface area contributed by atoms with E-state index in [-0.39, 0.29) is 30.1 Å². The molecule has 118 valence electrons. The van der Waals surface area contributed by atoms with E-state index in [1.54, 1.807) is 24.3 Å². The van der Waals surface area contributed by atoms with Crippen LogP contribution in [0.4, 0.5) is 5.69 Å². The van der Waals surface area contributed by atoms with Crippen LogP contribution in [0.1, 0.15) is 13.8 Å². The summed E-state index contributed by atoms with van der Waals surface area (Å²) in [5.74, 6) is 0.471. The topological polar surface area (TPSA) is 90.7 Å². The highest BCUT2D eigenvalue weighted by Crippen LogP contribution is 2.16. The maximum Gasteiger partial charge on any atom is 0.234 e. The molecular formula is C13H20N2O4S2. The summed E-state index contributed by atoms with van der Waals surface area (Å²) in [6.07, 6.45) is 0.00487. The molecule has 3 N–H and O–H groups in total. The second kappa shape index (κ2) is 8.16. The molecule has 1 aromatic rings. The molecule has 0 fully saturated rings. The number of nitrogens with two attached hydrogens (primary N) is 1. The first-order valence-corrected chi connectivity index (χ1v) is 8.48. The standard InChI is InChI=1S/C13H20N2O4S2/c1-10(2)18-7-8-21(16,17)15-11-3-5-12(6-4-11)19-9-13(14)20/h3-6,10,15H,7-9H2,1-2H3,(H2,14,20). The van der Waals surface area contributed by atoms with Crippen molar-refractivity contribution in [2.24, 2.45) is 5.73 Å². The molecule has 0 saturated heterocycles. The Morgan fingerprint density at radius 3 is 2.48 bits per heavy atom. The van der Waals surface area contributed by atoms with Crippen LogP contribution in [-0.2, 0) is 14.8 Å². The zero-order chi connectivity index (χ0) is 15.9. The molecular weight excluding hydrogens is 312 g/mol. The third-order valence-corrected chi connectivity index (χ3v) is 3.68. The predicted octanol–water partition coefficient (Wildman–Crippen LogP) is 1.52. The van der Waals surface area contributed by atoms with Gasteiger partial charge in [-0.15, -0.1) is 0 Å². The molecule has 0 heterocycles. The number of sulfonamides is 1. The summed E-state index contributed by atoms with van der Waals surface area (Å²) in [6, 6.07) is 6.49. The molecule has 0 spiro atoms. The van der Waals surface area contributed by atoms with Crippen LogP contribution in [0.3, 0.4) is 0 Å². The number of hydrogen-bond donors (Lipinski definition) is 2. The molecule has 1 rings (SSSR count). The molecule has 0 aromatic heterocycles. The fourth-order valence-corrected chi connectivity index (χ4v) is 2.37. The number of benzene rings is 1. The van der Waals surface area contributed by atoms with Crippen LogP contribution in [0.5, 0.6) is 5.75 Å². The number of nitrogens with one attached hydrogen (secondary N) is 1. The first-order chi connectivity index (χ1) is 9.78. The quantitative estimate of drug-likeness (QED) is 0.666. The molecule has 8 heteroatoms. The number of thiocarbonyl (C=S) groups is 1. The lowest BCUT2D eigenvalue weighted by Gasteiger charge is -2.11. The van der Waals surface area contributed by atoms with E-state index in [2.05, 4.69) is 4.72 Å². The zero-order valence-electron chi connectivity index (χ0n) is 12.0. The predicted molar refractivity (Wildman–Crippen MR) is 87.2 cm³/mol. The minimum absolute atomic E-state index is 0.00487. The Balaban J connectivity index is 2.52. The van der Waals surface area contributed by atoms with E-state index < -0.39 is 10.0 Å². The van der Waals surface area contributed by atoms with Crippen LogP contribution in [0.2, 0.25) is 0 Å². The van der Waals surface area contributed by atoms with Crippen molar-refractivity contribution in [2.75, 3.05) is 23.7 Å². The van der Waals surface area contributed by atoms with Crippen molar-refractivity contribution in [1.82, 2.24) is 0 Å². The maximum atomic E-state index is 11.8. The summed E-state index contributed by atoms with van der Waals surface area (Å²) < 4.78 is 36.6. The highest BCUT2D eigenvalue weighted by molar-refractivity contribution is 7.92. The van der Waals surface area contributed by atoms with Crippen molar-refractivity contribution >= 4 is 32.9 Å². The summed E-state index contributed by atoms with van der Waals surface area (Å²) in [7, 11) is -3.43. The van der Waals surface area contributed by atoms with Crippen LogP contribution >= 0.6 is 12.2 Å². The van der Waals surface area contributed by atoms with Crippen LogP contribution in [0.15, 0.2) is 24.3 Å². The lowest BCUT2D eigenvalue weighted by atomic mass is 10.3. The van der Waals surface area contributed by atoms with Gasteiger partial charge in [-0.25, -0.2) is 8.42 Å². The molecule has 6 nitrogen and oxygen atoms in total. The molecule has 0 unspecified atom stereocenters. The molecule has 21 heavy (non-hydrogen) atoms. The average molecular weight is 332 g/mol. The summed E-state index contributed by atoms with van der Waals surface area (Å²) in [4.78, 5) is 0.255. The van der Waals surface area contributed by atoms with Gasteiger partial charge in [0.05, 0.1) is 18.5 Å². The van der Waals surface area contributed by atoms with Gasteiger partial charge >= 0.3 is 0 Å². The zero-order valence-corrected chi connectivity index (χ0v) is 13.7. The van der Waals surface area contributed by atoms with E-state index in [1.165, 1.54) is 0 Å². The summed E-state index contributed by atoms with van der Waals surface area (Å²) in [5, 5.41) is 0. The second-order valence-corrected chi connectivity index (χ2v) is 6.99. The Labute approximate surface area is 130 Å². The summed E-state index contributed by atoms with van der Waals surface area (Å²) in [5.41, 5.74) is 5.78. The number of ether oxygens (including phenoxy) is 2. The van der Waals surface area contributed by atoms with Crippen LogP contribution in [0.25, 0.3) is 0 Å². The van der Waals surface area contributed by atoms with Gasteiger partial charge in [0.15, 0.2) is 0 Å². The normalized spacial score (nSPS) is 11.4. The molecule has 0 aliphatic rings. The average Bonchev–Trinajstić information content (AvgIpc) is 2.36. The van der Waals surface area contributed by atoms with Crippen molar-refractivity contribution in [3.8, 4) is 5.75 Å². The Morgan fingerprint density at radius 2 is 1.95 bits per heavy atom. The third kappa shape index (κ3) is 7.84. The minimum atomic E-state index is -3.43. The summed E-state index contributed by atoms with van der Waals surface area (Å²) >= 11 is 4.70. The lowest BCUT2D eigenvalue weighted by molar-refractivity contribution is 0.0913. The van der Waals surface area contributed by atoms with E-state index in [0.29, 0.717) is 11.4 Å². The Morgan fingerprint density at radius 1 is 1.33 bits per heavy atom. The first-order valence-electron chi connectivity index (χ1n) is 6.42. The first kappa shape index (κ1) is 17.7. The van der Waals surface area contributed by atoms with Gasteiger partial charge in [-0.3, -0.25) is 4.72 Å². The smallest absolute Gasteiger partial charge is 0.234 e. The largest absolute Gasteiger partial charge is 0.487 e. The van der Waals surface area contributed by atoms with Gasteiger partial charge in [0.2, 0.25) is 10.0 Å². The van der Waals surface area contributed by atoms with Gasteiger partial charge in [0.1, 0.15) is 17.3 Å². The minimum Gasteiger partial charge on any atom is -0.487 e. The number of hydrogen-bond acceptors (Lipinski definition) is 5. The number of anilines is 1. The monoisotopic (exact) mass is 332 g/mol. The van der Waals surface area contributed by atoms with Crippen molar-refractivity contribution in [3.63, 3.8) is 0 Å². The fraction of sp³-hybridized carbons (Fsp3) is 0.462. The SMILES string of the molecule is CC(C)OCCS(=O)(=O)Nc1ccc(OCC(N)=S)cc1. The van der Waals surface area contributed by atoms with Crippen LogP contribution in [-0.4, -0.2) is 38.5 Å². The van der Waals surface area contributed by atoms with E-state index in [9.17, 15) is 8.42 Å². The van der Waals surface area contributed by atoms with Gasteiger partial charge in [-0.2, -0.15) is 0 Å². The van der Waals surface area contributed by atoms with Crippen LogP contribution in [0, 0.1) is 0 Å². The van der Waals surface area contributed by atoms with Gasteiger partial charge in [-0.1, -0.05) is 12.2 Å². The van der Waals surface area contributed by atoms with Gasteiger partial charge in [-0.05, 0) is 38.1 Å². The third-order valence-electron chi connectivity index (χ3n) is 2.31. The molecule has 0 amide bonds. The Hall–Kier alpha value is -1.38. The van der Waals surface area contributed by atoms with E-state index in [1.807, 2.05) is 13.8 Å². The summed E-state index contributed by atoms with van der Waals surface area (Å²) in [6.45, 7) is 4.01. The van der Waals surface area contributed by atoms with Crippen molar-refractivity contribution in [2.45, 2.75) is 20.0 Å². The molecule has 0 saturated carbocycles. The van der Waals surface area contributed by atoms with Crippen LogP contribution < -0.4 is 15.2 Å². The highest BCUT2D eigenvalue weighted by atomic mass is 32.2. The van der Waals surface area contributed by atoms with Crippen molar-refractivity contribution < 1.29 is 17.9 Å². The van der Waals surface area contributed by atoms with E-state index in [4.69, 9.17) is 27.4 Å². The molecule has 0 radical (unpaired) electrons. The molecule has 0 bridgehead atoms. The number of rotatable bonds is 9. The van der Waals surface area contributed by atoms with Gasteiger partial charge < -0.3 is 15.2 Å². The highest BCUT2D eigenvalue weighted by Gasteiger charge is 2.11.